The maximum absolute atomic E-state index is 11.7. The molecule has 0 spiro atoms. The van der Waals surface area contributed by atoms with Crippen molar-refractivity contribution in [3.8, 4) is 0 Å². The van der Waals surface area contributed by atoms with Crippen molar-refractivity contribution < 1.29 is 9.59 Å². The minimum Gasteiger partial charge on any atom is -0.348 e. The number of amides is 2. The zero-order chi connectivity index (χ0) is 15.1. The van der Waals surface area contributed by atoms with Gasteiger partial charge in [0.15, 0.2) is 0 Å². The van der Waals surface area contributed by atoms with Crippen molar-refractivity contribution in [2.24, 2.45) is 0 Å². The Morgan fingerprint density at radius 2 is 1.95 bits per heavy atom. The van der Waals surface area contributed by atoms with Crippen molar-refractivity contribution in [1.82, 2.24) is 10.2 Å². The average molecular weight is 389 g/mol. The van der Waals surface area contributed by atoms with Crippen molar-refractivity contribution in [1.29, 1.82) is 0 Å². The summed E-state index contributed by atoms with van der Waals surface area (Å²) in [5, 5.41) is 5.23. The lowest BCUT2D eigenvalue weighted by Crippen LogP contribution is -2.36. The molecule has 2 amide bonds. The molecule has 6 heteroatoms. The molecule has 0 fully saturated rings. The topological polar surface area (TPSA) is 61.4 Å². The van der Waals surface area contributed by atoms with Crippen LogP contribution in [0.3, 0.4) is 0 Å². The van der Waals surface area contributed by atoms with E-state index < -0.39 is 11.8 Å². The molecule has 2 N–H and O–H groups in total. The smallest absolute Gasteiger partial charge is 0.313 e. The molecule has 0 bridgehead atoms. The average Bonchev–Trinajstić information content (AvgIpc) is 2.37. The van der Waals surface area contributed by atoms with Gasteiger partial charge in [0, 0.05) is 15.8 Å². The van der Waals surface area contributed by atoms with Crippen molar-refractivity contribution in [2.45, 2.75) is 13.3 Å². The number of halogens is 1. The van der Waals surface area contributed by atoms with Crippen LogP contribution in [0.25, 0.3) is 0 Å². The molecule has 0 aromatic heterocycles. The van der Waals surface area contributed by atoms with Crippen molar-refractivity contribution >= 4 is 40.1 Å². The molecule has 0 saturated heterocycles. The lowest BCUT2D eigenvalue weighted by atomic mass is 10.2. The van der Waals surface area contributed by atoms with Gasteiger partial charge in [-0.1, -0.05) is 0 Å². The van der Waals surface area contributed by atoms with Gasteiger partial charge >= 0.3 is 11.8 Å². The van der Waals surface area contributed by atoms with Crippen LogP contribution in [0, 0.1) is 10.5 Å². The third-order valence-corrected chi connectivity index (χ3v) is 3.38. The Bertz CT molecular complexity index is 489. The number of carbonyl (C=O) groups is 2. The zero-order valence-electron chi connectivity index (χ0n) is 12.0. The van der Waals surface area contributed by atoms with E-state index in [1.165, 1.54) is 0 Å². The monoisotopic (exact) mass is 389 g/mol. The lowest BCUT2D eigenvalue weighted by Gasteiger charge is -2.11. The van der Waals surface area contributed by atoms with Crippen LogP contribution >= 0.6 is 22.6 Å². The van der Waals surface area contributed by atoms with Crippen LogP contribution in [-0.2, 0) is 9.59 Å². The number of benzene rings is 1. The number of carbonyl (C=O) groups excluding carboxylic acids is 2. The van der Waals surface area contributed by atoms with E-state index in [0.717, 1.165) is 22.1 Å². The highest BCUT2D eigenvalue weighted by Crippen LogP contribution is 2.17. The van der Waals surface area contributed by atoms with Gasteiger partial charge in [-0.2, -0.15) is 0 Å². The molecule has 0 aliphatic carbocycles. The third kappa shape index (κ3) is 5.87. The van der Waals surface area contributed by atoms with E-state index in [2.05, 4.69) is 33.2 Å². The maximum atomic E-state index is 11.7. The van der Waals surface area contributed by atoms with E-state index in [1.54, 1.807) is 6.07 Å². The summed E-state index contributed by atoms with van der Waals surface area (Å²) in [7, 11) is 3.93. The Hall–Kier alpha value is -1.15. The molecule has 0 radical (unpaired) electrons. The first-order valence-corrected chi connectivity index (χ1v) is 7.48. The number of hydrogen-bond acceptors (Lipinski definition) is 3. The molecular formula is C14H20IN3O2. The van der Waals surface area contributed by atoms with Gasteiger partial charge in [-0.3, -0.25) is 9.59 Å². The Kier molecular flexibility index (Phi) is 6.94. The van der Waals surface area contributed by atoms with Crippen LogP contribution in [-0.4, -0.2) is 43.9 Å². The van der Waals surface area contributed by atoms with E-state index in [9.17, 15) is 9.59 Å². The number of rotatable bonds is 5. The number of nitrogens with zero attached hydrogens (tertiary/aromatic N) is 1. The number of hydrogen-bond donors (Lipinski definition) is 2. The molecule has 1 aromatic carbocycles. The first kappa shape index (κ1) is 16.9. The second-order valence-corrected chi connectivity index (χ2v) is 6.07. The number of anilines is 1. The van der Waals surface area contributed by atoms with Gasteiger partial charge in [-0.25, -0.2) is 0 Å². The normalized spacial score (nSPS) is 10.4. The molecular weight excluding hydrogens is 369 g/mol. The van der Waals surface area contributed by atoms with Gasteiger partial charge in [0.05, 0.1) is 0 Å². The molecule has 1 aromatic rings. The van der Waals surface area contributed by atoms with Crippen LogP contribution in [0.15, 0.2) is 18.2 Å². The van der Waals surface area contributed by atoms with Gasteiger partial charge in [-0.05, 0) is 80.3 Å². The lowest BCUT2D eigenvalue weighted by molar-refractivity contribution is -0.136. The van der Waals surface area contributed by atoms with Crippen LogP contribution in [0.5, 0.6) is 0 Å². The van der Waals surface area contributed by atoms with Gasteiger partial charge in [0.25, 0.3) is 0 Å². The molecule has 110 valence electrons. The summed E-state index contributed by atoms with van der Waals surface area (Å²) in [4.78, 5) is 25.4. The highest BCUT2D eigenvalue weighted by Gasteiger charge is 2.13. The second kappa shape index (κ2) is 8.21. The molecule has 20 heavy (non-hydrogen) atoms. The van der Waals surface area contributed by atoms with Crippen LogP contribution < -0.4 is 10.6 Å². The molecule has 0 heterocycles. The molecule has 0 unspecified atom stereocenters. The fourth-order valence-electron chi connectivity index (χ4n) is 1.62. The minimum absolute atomic E-state index is 0.496. The van der Waals surface area contributed by atoms with Gasteiger partial charge < -0.3 is 15.5 Å². The van der Waals surface area contributed by atoms with Crippen LogP contribution in [0.2, 0.25) is 0 Å². The van der Waals surface area contributed by atoms with E-state index >= 15 is 0 Å². The first-order chi connectivity index (χ1) is 9.40. The standard InChI is InChI=1S/C14H20IN3O2/c1-10-9-11(15)5-6-12(10)17-14(20)13(19)16-7-4-8-18(2)3/h5-6,9H,4,7-8H2,1-3H3,(H,16,19)(H,17,20). The predicted octanol–water partition coefficient (Wildman–Crippen LogP) is 1.61. The Morgan fingerprint density at radius 3 is 2.55 bits per heavy atom. The SMILES string of the molecule is Cc1cc(I)ccc1NC(=O)C(=O)NCCCN(C)C. The highest BCUT2D eigenvalue weighted by atomic mass is 127. The second-order valence-electron chi connectivity index (χ2n) is 4.83. The summed E-state index contributed by atoms with van der Waals surface area (Å²) in [6.07, 6.45) is 0.814. The fraction of sp³-hybridized carbons (Fsp3) is 0.429. The summed E-state index contributed by atoms with van der Waals surface area (Å²) in [5.41, 5.74) is 1.60. The van der Waals surface area contributed by atoms with Crippen LogP contribution in [0.4, 0.5) is 5.69 Å². The van der Waals surface area contributed by atoms with Gasteiger partial charge in [0.1, 0.15) is 0 Å². The summed E-state index contributed by atoms with van der Waals surface area (Å²) in [5.74, 6) is -1.22. The summed E-state index contributed by atoms with van der Waals surface area (Å²) >= 11 is 2.20. The predicted molar refractivity (Wildman–Crippen MR) is 88.7 cm³/mol. The van der Waals surface area contributed by atoms with Gasteiger partial charge in [-0.15, -0.1) is 0 Å². The van der Waals surface area contributed by atoms with Crippen molar-refractivity contribution in [3.63, 3.8) is 0 Å². The molecule has 1 rings (SSSR count). The maximum Gasteiger partial charge on any atom is 0.313 e. The fourth-order valence-corrected chi connectivity index (χ4v) is 2.27. The molecule has 5 nitrogen and oxygen atoms in total. The number of aryl methyl sites for hydroxylation is 1. The summed E-state index contributed by atoms with van der Waals surface area (Å²) in [6.45, 7) is 3.26. The minimum atomic E-state index is -0.626. The Morgan fingerprint density at radius 1 is 1.25 bits per heavy atom. The zero-order valence-corrected chi connectivity index (χ0v) is 14.2. The van der Waals surface area contributed by atoms with Gasteiger partial charge in [0.2, 0.25) is 0 Å². The van der Waals surface area contributed by atoms with E-state index in [0.29, 0.717) is 12.2 Å². The molecule has 0 atom stereocenters. The quantitative estimate of drug-likeness (QED) is 0.457. The van der Waals surface area contributed by atoms with Crippen LogP contribution in [0.1, 0.15) is 12.0 Å². The first-order valence-electron chi connectivity index (χ1n) is 6.40. The van der Waals surface area contributed by atoms with Crippen molar-refractivity contribution in [3.05, 3.63) is 27.3 Å². The summed E-state index contributed by atoms with van der Waals surface area (Å²) < 4.78 is 1.09. The molecule has 0 saturated carbocycles. The summed E-state index contributed by atoms with van der Waals surface area (Å²) in [6, 6.07) is 5.64. The largest absolute Gasteiger partial charge is 0.348 e. The highest BCUT2D eigenvalue weighted by molar-refractivity contribution is 14.1. The Balaban J connectivity index is 2.43. The Labute approximate surface area is 133 Å². The van der Waals surface area contributed by atoms with E-state index in [1.807, 2.05) is 38.1 Å². The van der Waals surface area contributed by atoms with Crippen molar-refractivity contribution in [2.75, 3.05) is 32.5 Å². The third-order valence-electron chi connectivity index (χ3n) is 2.71. The van der Waals surface area contributed by atoms with E-state index in [-0.39, 0.29) is 0 Å². The molecule has 0 aliphatic rings. The van der Waals surface area contributed by atoms with E-state index in [4.69, 9.17) is 0 Å². The molecule has 0 aliphatic heterocycles. The number of nitrogens with one attached hydrogen (secondary N) is 2.